The van der Waals surface area contributed by atoms with Crippen LogP contribution in [-0.2, 0) is 4.74 Å². The van der Waals surface area contributed by atoms with Gasteiger partial charge in [-0.1, -0.05) is 24.4 Å². The monoisotopic (exact) mass is 319 g/mol. The predicted octanol–water partition coefficient (Wildman–Crippen LogP) is 3.64. The lowest BCUT2D eigenvalue weighted by Gasteiger charge is -2.40. The fourth-order valence-corrected chi connectivity index (χ4v) is 4.68. The lowest BCUT2D eigenvalue weighted by atomic mass is 9.86. The molecule has 0 radical (unpaired) electrons. The Morgan fingerprint density at radius 1 is 1.09 bits per heavy atom. The Kier molecular flexibility index (Phi) is 4.41. The minimum Gasteiger partial charge on any atom is -0.362 e. The van der Waals surface area contributed by atoms with Crippen LogP contribution >= 0.6 is 0 Å². The molecule has 2 saturated heterocycles. The summed E-state index contributed by atoms with van der Waals surface area (Å²) < 4.78 is 11.7. The van der Waals surface area contributed by atoms with Gasteiger partial charge in [0.05, 0.1) is 5.60 Å². The second kappa shape index (κ2) is 6.52. The highest BCUT2D eigenvalue weighted by molar-refractivity contribution is 4.99. The molecule has 0 N–H and O–H groups in total. The van der Waals surface area contributed by atoms with Crippen molar-refractivity contribution >= 4 is 0 Å². The van der Waals surface area contributed by atoms with E-state index in [0.29, 0.717) is 11.7 Å². The number of hydrogen-bond donors (Lipinski definition) is 0. The molecule has 2 aliphatic heterocycles. The first-order valence-corrected chi connectivity index (χ1v) is 9.43. The second-order valence-electron chi connectivity index (χ2n) is 7.81. The zero-order valence-electron chi connectivity index (χ0n) is 14.3. The van der Waals surface area contributed by atoms with Gasteiger partial charge in [-0.2, -0.15) is 4.98 Å². The maximum absolute atomic E-state index is 6.40. The molecule has 1 spiro atoms. The van der Waals surface area contributed by atoms with Crippen LogP contribution in [0.5, 0.6) is 0 Å². The molecule has 0 aromatic carbocycles. The summed E-state index contributed by atoms with van der Waals surface area (Å²) in [4.78, 5) is 7.03. The molecule has 128 valence electrons. The first-order valence-electron chi connectivity index (χ1n) is 9.43. The standard InChI is InChI=1S/C18H29N3O2/c1-14-19-17(23-20-14)16-7-8-18(22-16)9-11-21(12-10-18)13-15-5-3-2-4-6-15/h15-16H,2-13H2,1H3. The summed E-state index contributed by atoms with van der Waals surface area (Å²) in [7, 11) is 0. The minimum atomic E-state index is 0.0149. The van der Waals surface area contributed by atoms with Crippen molar-refractivity contribution in [2.75, 3.05) is 19.6 Å². The van der Waals surface area contributed by atoms with Gasteiger partial charge < -0.3 is 14.2 Å². The lowest BCUT2D eigenvalue weighted by Crippen LogP contribution is -2.45. The van der Waals surface area contributed by atoms with Crippen LogP contribution < -0.4 is 0 Å². The van der Waals surface area contributed by atoms with Gasteiger partial charge in [0.15, 0.2) is 5.82 Å². The van der Waals surface area contributed by atoms with Gasteiger partial charge in [-0.25, -0.2) is 0 Å². The van der Waals surface area contributed by atoms with Crippen molar-refractivity contribution in [2.45, 2.75) is 76.4 Å². The maximum atomic E-state index is 6.40. The Morgan fingerprint density at radius 3 is 2.57 bits per heavy atom. The van der Waals surface area contributed by atoms with E-state index in [1.54, 1.807) is 0 Å². The predicted molar refractivity (Wildman–Crippen MR) is 87.1 cm³/mol. The first-order chi connectivity index (χ1) is 11.2. The van der Waals surface area contributed by atoms with E-state index in [9.17, 15) is 0 Å². The number of hydrogen-bond acceptors (Lipinski definition) is 5. The van der Waals surface area contributed by atoms with E-state index in [0.717, 1.165) is 31.6 Å². The summed E-state index contributed by atoms with van der Waals surface area (Å²) in [5, 5.41) is 3.90. The lowest BCUT2D eigenvalue weighted by molar-refractivity contribution is -0.0875. The quantitative estimate of drug-likeness (QED) is 0.851. The summed E-state index contributed by atoms with van der Waals surface area (Å²) in [5.41, 5.74) is 0.0656. The van der Waals surface area contributed by atoms with Crippen molar-refractivity contribution in [3.05, 3.63) is 11.7 Å². The van der Waals surface area contributed by atoms with Gasteiger partial charge in [-0.15, -0.1) is 0 Å². The summed E-state index contributed by atoms with van der Waals surface area (Å²) in [5.74, 6) is 2.31. The third kappa shape index (κ3) is 3.45. The Bertz CT molecular complexity index is 516. The van der Waals surface area contributed by atoms with Gasteiger partial charge in [0, 0.05) is 19.6 Å². The third-order valence-corrected chi connectivity index (χ3v) is 6.08. The van der Waals surface area contributed by atoms with Gasteiger partial charge in [0.2, 0.25) is 0 Å². The number of piperidine rings is 1. The van der Waals surface area contributed by atoms with E-state index >= 15 is 0 Å². The molecular weight excluding hydrogens is 290 g/mol. The average Bonchev–Trinajstić information content (AvgIpc) is 3.18. The van der Waals surface area contributed by atoms with Crippen LogP contribution in [0, 0.1) is 12.8 Å². The SMILES string of the molecule is Cc1noc(C2CCC3(CCN(CC4CCCCC4)CC3)O2)n1. The number of ether oxygens (including phenoxy) is 1. The molecule has 3 aliphatic rings. The van der Waals surface area contributed by atoms with Crippen LogP contribution in [0.1, 0.15) is 75.6 Å². The number of likely N-dealkylation sites (tertiary alicyclic amines) is 1. The molecule has 1 aromatic heterocycles. The smallest absolute Gasteiger partial charge is 0.255 e. The van der Waals surface area contributed by atoms with E-state index in [1.807, 2.05) is 6.92 Å². The van der Waals surface area contributed by atoms with E-state index in [1.165, 1.54) is 51.7 Å². The first kappa shape index (κ1) is 15.6. The van der Waals surface area contributed by atoms with Gasteiger partial charge >= 0.3 is 0 Å². The Balaban J connectivity index is 1.29. The van der Waals surface area contributed by atoms with Crippen molar-refractivity contribution in [1.82, 2.24) is 15.0 Å². The maximum Gasteiger partial charge on any atom is 0.255 e. The summed E-state index contributed by atoms with van der Waals surface area (Å²) in [6.07, 6.45) is 11.7. The molecular formula is C18H29N3O2. The van der Waals surface area contributed by atoms with Crippen molar-refractivity contribution in [2.24, 2.45) is 5.92 Å². The summed E-state index contributed by atoms with van der Waals surface area (Å²) in [6.45, 7) is 5.54. The molecule has 0 amide bonds. The molecule has 1 aliphatic carbocycles. The van der Waals surface area contributed by atoms with Crippen LogP contribution in [0.3, 0.4) is 0 Å². The summed E-state index contributed by atoms with van der Waals surface area (Å²) >= 11 is 0. The highest BCUT2D eigenvalue weighted by atomic mass is 16.5. The second-order valence-corrected chi connectivity index (χ2v) is 7.81. The van der Waals surface area contributed by atoms with Gasteiger partial charge in [-0.05, 0) is 51.4 Å². The van der Waals surface area contributed by atoms with Crippen LogP contribution in [0.4, 0.5) is 0 Å². The molecule has 0 bridgehead atoms. The van der Waals surface area contributed by atoms with E-state index in [4.69, 9.17) is 9.26 Å². The van der Waals surface area contributed by atoms with Gasteiger partial charge in [-0.3, -0.25) is 0 Å². The molecule has 1 unspecified atom stereocenters. The molecule has 3 heterocycles. The van der Waals surface area contributed by atoms with Crippen LogP contribution in [-0.4, -0.2) is 40.3 Å². The van der Waals surface area contributed by atoms with Gasteiger partial charge in [0.1, 0.15) is 6.10 Å². The fraction of sp³-hybridized carbons (Fsp3) is 0.889. The zero-order valence-corrected chi connectivity index (χ0v) is 14.3. The van der Waals surface area contributed by atoms with Crippen LogP contribution in [0.25, 0.3) is 0 Å². The normalized spacial score (nSPS) is 29.3. The largest absolute Gasteiger partial charge is 0.362 e. The van der Waals surface area contributed by atoms with E-state index in [2.05, 4.69) is 15.0 Å². The van der Waals surface area contributed by atoms with E-state index < -0.39 is 0 Å². The topological polar surface area (TPSA) is 51.4 Å². The Labute approximate surface area is 138 Å². The fourth-order valence-electron chi connectivity index (χ4n) is 4.68. The van der Waals surface area contributed by atoms with Gasteiger partial charge in [0.25, 0.3) is 5.89 Å². The molecule has 4 rings (SSSR count). The van der Waals surface area contributed by atoms with Crippen molar-refractivity contribution in [3.8, 4) is 0 Å². The molecule has 1 aromatic rings. The number of aromatic nitrogens is 2. The number of nitrogens with zero attached hydrogens (tertiary/aromatic N) is 3. The number of rotatable bonds is 3. The number of aryl methyl sites for hydroxylation is 1. The highest BCUT2D eigenvalue weighted by Crippen LogP contribution is 2.44. The Hall–Kier alpha value is -0.940. The minimum absolute atomic E-state index is 0.0149. The molecule has 23 heavy (non-hydrogen) atoms. The molecule has 1 atom stereocenters. The summed E-state index contributed by atoms with van der Waals surface area (Å²) in [6, 6.07) is 0. The molecule has 5 heteroatoms. The zero-order chi connectivity index (χ0) is 15.7. The average molecular weight is 319 g/mol. The third-order valence-electron chi connectivity index (χ3n) is 6.08. The van der Waals surface area contributed by atoms with Crippen LogP contribution in [0.15, 0.2) is 4.52 Å². The highest BCUT2D eigenvalue weighted by Gasteiger charge is 2.44. The molecule has 1 saturated carbocycles. The molecule has 5 nitrogen and oxygen atoms in total. The Morgan fingerprint density at radius 2 is 1.87 bits per heavy atom. The van der Waals surface area contributed by atoms with Crippen molar-refractivity contribution in [1.29, 1.82) is 0 Å². The van der Waals surface area contributed by atoms with Crippen molar-refractivity contribution < 1.29 is 9.26 Å². The van der Waals surface area contributed by atoms with Crippen molar-refractivity contribution in [3.63, 3.8) is 0 Å². The molecule has 3 fully saturated rings. The van der Waals surface area contributed by atoms with E-state index in [-0.39, 0.29) is 11.7 Å². The van der Waals surface area contributed by atoms with Crippen LogP contribution in [0.2, 0.25) is 0 Å².